The topological polar surface area (TPSA) is 52.9 Å². The van der Waals surface area contributed by atoms with Gasteiger partial charge in [-0.05, 0) is 54.5 Å². The van der Waals surface area contributed by atoms with Crippen molar-refractivity contribution in [2.75, 3.05) is 5.32 Å². The van der Waals surface area contributed by atoms with Crippen molar-refractivity contribution in [3.05, 3.63) is 57.7 Å². The molecule has 25 heavy (non-hydrogen) atoms. The van der Waals surface area contributed by atoms with Gasteiger partial charge in [-0.2, -0.15) is 5.26 Å². The van der Waals surface area contributed by atoms with Crippen LogP contribution in [-0.4, -0.2) is 5.91 Å². The van der Waals surface area contributed by atoms with Crippen molar-refractivity contribution in [1.29, 1.82) is 5.26 Å². The van der Waals surface area contributed by atoms with Gasteiger partial charge in [-0.25, -0.2) is 4.39 Å². The van der Waals surface area contributed by atoms with Crippen LogP contribution in [0.5, 0.6) is 0 Å². The number of carbonyl (C=O) groups is 1. The highest BCUT2D eigenvalue weighted by atomic mass is 32.1. The molecule has 0 aliphatic heterocycles. The highest BCUT2D eigenvalue weighted by molar-refractivity contribution is 7.16. The molecular formula is C20H19FN2OS. The standard InChI is InChI=1S/C20H19FN2OS/c1-2-13-5-9-16-17(12-22)20(25-18(16)11-13)23-19(24)10-6-14-3-7-15(21)8-4-14/h3-4,6-8,10,13H,2,5,9,11H2,1H3,(H,23,24)/b10-6+. The number of carbonyl (C=O) groups excluding carboxylic acids is 1. The Balaban J connectivity index is 1.74. The first-order chi connectivity index (χ1) is 12.1. The summed E-state index contributed by atoms with van der Waals surface area (Å²) >= 11 is 1.52. The highest BCUT2D eigenvalue weighted by Crippen LogP contribution is 2.39. The van der Waals surface area contributed by atoms with E-state index in [-0.39, 0.29) is 11.7 Å². The van der Waals surface area contributed by atoms with E-state index < -0.39 is 0 Å². The number of nitrogens with zero attached hydrogens (tertiary/aromatic N) is 1. The molecule has 1 aliphatic carbocycles. The Hall–Kier alpha value is -2.45. The SMILES string of the molecule is CCC1CCc2c(sc(NC(=O)/C=C/c3ccc(F)cc3)c2C#N)C1. The second-order valence-electron chi connectivity index (χ2n) is 6.21. The molecular weight excluding hydrogens is 335 g/mol. The molecule has 0 fully saturated rings. The molecule has 0 bridgehead atoms. The van der Waals surface area contributed by atoms with E-state index in [0.29, 0.717) is 16.5 Å². The summed E-state index contributed by atoms with van der Waals surface area (Å²) in [5, 5.41) is 13.0. The summed E-state index contributed by atoms with van der Waals surface area (Å²) in [6.45, 7) is 2.19. The lowest BCUT2D eigenvalue weighted by Crippen LogP contribution is -2.12. The van der Waals surface area contributed by atoms with E-state index in [2.05, 4.69) is 18.3 Å². The third kappa shape index (κ3) is 3.97. The maximum atomic E-state index is 12.9. The van der Waals surface area contributed by atoms with Gasteiger partial charge in [-0.3, -0.25) is 4.79 Å². The summed E-state index contributed by atoms with van der Waals surface area (Å²) in [6, 6.07) is 8.16. The van der Waals surface area contributed by atoms with Crippen LogP contribution in [0.2, 0.25) is 0 Å². The molecule has 1 aromatic carbocycles. The van der Waals surface area contributed by atoms with E-state index in [0.717, 1.165) is 36.8 Å². The molecule has 1 aliphatic rings. The minimum absolute atomic E-state index is 0.286. The number of benzene rings is 1. The third-order valence-electron chi connectivity index (χ3n) is 4.59. The van der Waals surface area contributed by atoms with Gasteiger partial charge in [0, 0.05) is 11.0 Å². The predicted octanol–water partition coefficient (Wildman–Crippen LogP) is 4.93. The zero-order chi connectivity index (χ0) is 17.8. The van der Waals surface area contributed by atoms with E-state index in [1.54, 1.807) is 18.2 Å². The van der Waals surface area contributed by atoms with E-state index in [1.807, 2.05) is 0 Å². The van der Waals surface area contributed by atoms with E-state index >= 15 is 0 Å². The first-order valence-electron chi connectivity index (χ1n) is 8.40. The van der Waals surface area contributed by atoms with Crippen LogP contribution in [0.3, 0.4) is 0 Å². The third-order valence-corrected chi connectivity index (χ3v) is 5.76. The Morgan fingerprint density at radius 2 is 2.20 bits per heavy atom. The number of amides is 1. The number of anilines is 1. The summed E-state index contributed by atoms with van der Waals surface area (Å²) in [4.78, 5) is 13.4. The number of rotatable bonds is 4. The Bertz CT molecular complexity index is 846. The molecule has 3 nitrogen and oxygen atoms in total. The van der Waals surface area contributed by atoms with Gasteiger partial charge in [0.2, 0.25) is 5.91 Å². The molecule has 0 saturated carbocycles. The molecule has 3 rings (SSSR count). The van der Waals surface area contributed by atoms with Gasteiger partial charge in [0.1, 0.15) is 16.9 Å². The number of thiophene rings is 1. The van der Waals surface area contributed by atoms with Gasteiger partial charge in [0.15, 0.2) is 0 Å². The lowest BCUT2D eigenvalue weighted by molar-refractivity contribution is -0.111. The van der Waals surface area contributed by atoms with Crippen LogP contribution in [-0.2, 0) is 17.6 Å². The zero-order valence-electron chi connectivity index (χ0n) is 14.0. The molecule has 0 radical (unpaired) electrons. The quantitative estimate of drug-likeness (QED) is 0.792. The summed E-state index contributed by atoms with van der Waals surface area (Å²) in [5.74, 6) is 0.0703. The van der Waals surface area contributed by atoms with Crippen LogP contribution >= 0.6 is 11.3 Å². The largest absolute Gasteiger partial charge is 0.313 e. The number of nitriles is 1. The van der Waals surface area contributed by atoms with Crippen LogP contribution in [0.25, 0.3) is 6.08 Å². The zero-order valence-corrected chi connectivity index (χ0v) is 14.8. The molecule has 1 atom stereocenters. The maximum absolute atomic E-state index is 12.9. The van der Waals surface area contributed by atoms with Crippen LogP contribution in [0, 0.1) is 23.1 Å². The maximum Gasteiger partial charge on any atom is 0.249 e. The van der Waals surface area contributed by atoms with Gasteiger partial charge in [-0.15, -0.1) is 11.3 Å². The normalized spacial score (nSPS) is 16.4. The summed E-state index contributed by atoms with van der Waals surface area (Å²) in [5.41, 5.74) is 2.46. The number of halogens is 1. The average Bonchev–Trinajstić information content (AvgIpc) is 2.97. The molecule has 0 saturated heterocycles. The van der Waals surface area contributed by atoms with Crippen LogP contribution in [0.4, 0.5) is 9.39 Å². The van der Waals surface area contributed by atoms with Gasteiger partial charge in [-0.1, -0.05) is 25.5 Å². The molecule has 128 valence electrons. The van der Waals surface area contributed by atoms with Crippen molar-refractivity contribution in [2.24, 2.45) is 5.92 Å². The van der Waals surface area contributed by atoms with E-state index in [1.165, 1.54) is 34.4 Å². The molecule has 1 heterocycles. The minimum atomic E-state index is -0.310. The Labute approximate surface area is 150 Å². The van der Waals surface area contributed by atoms with Crippen molar-refractivity contribution in [3.63, 3.8) is 0 Å². The molecule has 1 aromatic heterocycles. The van der Waals surface area contributed by atoms with Gasteiger partial charge < -0.3 is 5.32 Å². The van der Waals surface area contributed by atoms with Crippen LogP contribution in [0.15, 0.2) is 30.3 Å². The summed E-state index contributed by atoms with van der Waals surface area (Å²) in [7, 11) is 0. The van der Waals surface area contributed by atoms with E-state index in [4.69, 9.17) is 0 Å². The Morgan fingerprint density at radius 3 is 2.88 bits per heavy atom. The smallest absolute Gasteiger partial charge is 0.249 e. The minimum Gasteiger partial charge on any atom is -0.313 e. The van der Waals surface area contributed by atoms with E-state index in [9.17, 15) is 14.4 Å². The fourth-order valence-corrected chi connectivity index (χ4v) is 4.42. The van der Waals surface area contributed by atoms with Crippen molar-refractivity contribution in [1.82, 2.24) is 0 Å². The molecule has 1 amide bonds. The lowest BCUT2D eigenvalue weighted by atomic mass is 9.86. The fourth-order valence-electron chi connectivity index (χ4n) is 3.11. The number of fused-ring (bicyclic) bond motifs is 1. The monoisotopic (exact) mass is 354 g/mol. The summed E-state index contributed by atoms with van der Waals surface area (Å²) in [6.07, 6.45) is 7.18. The average molecular weight is 354 g/mol. The van der Waals surface area contributed by atoms with Crippen molar-refractivity contribution < 1.29 is 9.18 Å². The van der Waals surface area contributed by atoms with Crippen molar-refractivity contribution >= 4 is 28.3 Å². The number of hydrogen-bond acceptors (Lipinski definition) is 3. The fraction of sp³-hybridized carbons (Fsp3) is 0.300. The first kappa shape index (κ1) is 17.4. The lowest BCUT2D eigenvalue weighted by Gasteiger charge is -2.20. The number of hydrogen-bond donors (Lipinski definition) is 1. The van der Waals surface area contributed by atoms with Crippen molar-refractivity contribution in [2.45, 2.75) is 32.6 Å². The Morgan fingerprint density at radius 1 is 1.44 bits per heavy atom. The van der Waals surface area contributed by atoms with Gasteiger partial charge in [0.25, 0.3) is 0 Å². The van der Waals surface area contributed by atoms with Crippen LogP contribution < -0.4 is 5.32 Å². The van der Waals surface area contributed by atoms with Gasteiger partial charge >= 0.3 is 0 Å². The van der Waals surface area contributed by atoms with Gasteiger partial charge in [0.05, 0.1) is 5.56 Å². The second-order valence-corrected chi connectivity index (χ2v) is 7.32. The molecule has 5 heteroatoms. The van der Waals surface area contributed by atoms with Crippen LogP contribution in [0.1, 0.15) is 41.3 Å². The predicted molar refractivity (Wildman–Crippen MR) is 98.9 cm³/mol. The number of nitrogens with one attached hydrogen (secondary N) is 1. The molecule has 1 unspecified atom stereocenters. The molecule has 2 aromatic rings. The first-order valence-corrected chi connectivity index (χ1v) is 9.21. The summed E-state index contributed by atoms with van der Waals surface area (Å²) < 4.78 is 12.9. The molecule has 0 spiro atoms. The Kier molecular flexibility index (Phi) is 5.30. The second kappa shape index (κ2) is 7.62. The molecule has 1 N–H and O–H groups in total. The highest BCUT2D eigenvalue weighted by Gasteiger charge is 2.25. The van der Waals surface area contributed by atoms with Crippen molar-refractivity contribution in [3.8, 4) is 6.07 Å².